The molecule has 0 aromatic heterocycles. The van der Waals surface area contributed by atoms with Gasteiger partial charge in [-0.2, -0.15) is 0 Å². The quantitative estimate of drug-likeness (QED) is 0.0545. The second kappa shape index (κ2) is 31.2. The molecule has 37 heavy (non-hydrogen) atoms. The van der Waals surface area contributed by atoms with Gasteiger partial charge in [0.05, 0.1) is 12.9 Å². The summed E-state index contributed by atoms with van der Waals surface area (Å²) < 4.78 is 5.98. The lowest BCUT2D eigenvalue weighted by atomic mass is 9.94. The predicted molar refractivity (Wildman–Crippen MR) is 169 cm³/mol. The lowest BCUT2D eigenvalue weighted by Crippen LogP contribution is -2.08. The summed E-state index contributed by atoms with van der Waals surface area (Å²) in [5.41, 5.74) is 0. The number of rotatable bonds is 29. The molecule has 0 bridgehead atoms. The van der Waals surface area contributed by atoms with Gasteiger partial charge in [0.2, 0.25) is 0 Å². The molecule has 0 rings (SSSR count). The molecule has 1 heteroatoms. The molecule has 0 aromatic carbocycles. The van der Waals surface area contributed by atoms with Gasteiger partial charge in [-0.05, 0) is 69.3 Å². The van der Waals surface area contributed by atoms with E-state index in [1.165, 1.54) is 141 Å². The highest BCUT2D eigenvalue weighted by atomic mass is 16.5. The first-order valence-corrected chi connectivity index (χ1v) is 16.8. The summed E-state index contributed by atoms with van der Waals surface area (Å²) in [7, 11) is 0. The lowest BCUT2D eigenvalue weighted by molar-refractivity contribution is 0.175. The largest absolute Gasteiger partial charge is 0.501 e. The van der Waals surface area contributed by atoms with Crippen molar-refractivity contribution in [3.63, 3.8) is 0 Å². The second-order valence-corrected chi connectivity index (χ2v) is 11.5. The minimum Gasteiger partial charge on any atom is -0.501 e. The molecule has 0 aliphatic rings. The maximum absolute atomic E-state index is 5.98. The molecular formula is C36H68O. The van der Waals surface area contributed by atoms with E-state index in [0.717, 1.165) is 18.9 Å². The van der Waals surface area contributed by atoms with Crippen molar-refractivity contribution in [2.45, 2.75) is 175 Å². The first kappa shape index (κ1) is 36.0. The molecule has 2 atom stereocenters. The number of hydrogen-bond acceptors (Lipinski definition) is 1. The molecule has 0 spiro atoms. The highest BCUT2D eigenvalue weighted by Crippen LogP contribution is 2.20. The van der Waals surface area contributed by atoms with Gasteiger partial charge in [0.25, 0.3) is 0 Å². The number of hydrogen-bond donors (Lipinski definition) is 0. The number of ether oxygens (including phenoxy) is 1. The van der Waals surface area contributed by atoms with Crippen molar-refractivity contribution < 1.29 is 4.74 Å². The Kier molecular flexibility index (Phi) is 30.4. The Labute approximate surface area is 235 Å². The van der Waals surface area contributed by atoms with E-state index in [1.807, 2.05) is 6.26 Å². The van der Waals surface area contributed by atoms with Gasteiger partial charge in [-0.25, -0.2) is 0 Å². The van der Waals surface area contributed by atoms with E-state index in [4.69, 9.17) is 4.74 Å². The van der Waals surface area contributed by atoms with E-state index < -0.39 is 0 Å². The first-order chi connectivity index (χ1) is 18.2. The predicted octanol–water partition coefficient (Wildman–Crippen LogP) is 12.9. The van der Waals surface area contributed by atoms with Crippen LogP contribution in [0.15, 0.2) is 36.6 Å². The third kappa shape index (κ3) is 29.4. The maximum atomic E-state index is 5.98. The van der Waals surface area contributed by atoms with Crippen LogP contribution in [0.1, 0.15) is 175 Å². The SMILES string of the molecule is CCCCC/C=C\C/C=C\CCCCCCCCC(CCCCCCCCCC)CO/C=C/C(C)CC. The molecule has 1 nitrogen and oxygen atoms in total. The van der Waals surface area contributed by atoms with Gasteiger partial charge >= 0.3 is 0 Å². The van der Waals surface area contributed by atoms with Gasteiger partial charge in [-0.1, -0.05) is 148 Å². The van der Waals surface area contributed by atoms with Crippen molar-refractivity contribution in [1.29, 1.82) is 0 Å². The smallest absolute Gasteiger partial charge is 0.0901 e. The van der Waals surface area contributed by atoms with Crippen LogP contribution in [0.5, 0.6) is 0 Å². The number of unbranched alkanes of at least 4 members (excludes halogenated alkanes) is 16. The van der Waals surface area contributed by atoms with Gasteiger partial charge in [0.1, 0.15) is 0 Å². The third-order valence-corrected chi connectivity index (χ3v) is 7.76. The van der Waals surface area contributed by atoms with Crippen LogP contribution in [0.4, 0.5) is 0 Å². The summed E-state index contributed by atoms with van der Waals surface area (Å²) in [6, 6.07) is 0. The molecule has 218 valence electrons. The maximum Gasteiger partial charge on any atom is 0.0901 e. The van der Waals surface area contributed by atoms with Crippen LogP contribution >= 0.6 is 0 Å². The van der Waals surface area contributed by atoms with E-state index in [2.05, 4.69) is 58.1 Å². The van der Waals surface area contributed by atoms with Crippen LogP contribution in [-0.2, 0) is 4.74 Å². The van der Waals surface area contributed by atoms with Crippen molar-refractivity contribution in [3.8, 4) is 0 Å². The highest BCUT2D eigenvalue weighted by molar-refractivity contribution is 4.92. The lowest BCUT2D eigenvalue weighted by Gasteiger charge is -2.17. The van der Waals surface area contributed by atoms with Crippen LogP contribution in [0.2, 0.25) is 0 Å². The average molecular weight is 517 g/mol. The van der Waals surface area contributed by atoms with Gasteiger partial charge in [-0.3, -0.25) is 0 Å². The second-order valence-electron chi connectivity index (χ2n) is 11.5. The summed E-state index contributed by atoms with van der Waals surface area (Å²) in [4.78, 5) is 0. The molecular weight excluding hydrogens is 448 g/mol. The van der Waals surface area contributed by atoms with Crippen LogP contribution in [0.25, 0.3) is 0 Å². The molecule has 0 saturated carbocycles. The first-order valence-electron chi connectivity index (χ1n) is 16.8. The molecule has 0 aromatic rings. The minimum atomic E-state index is 0.624. The Morgan fingerprint density at radius 1 is 0.541 bits per heavy atom. The molecule has 0 fully saturated rings. The zero-order chi connectivity index (χ0) is 27.1. The zero-order valence-corrected chi connectivity index (χ0v) is 26.0. The standard InChI is InChI=1S/C36H68O/c1-5-8-10-12-14-16-17-18-19-20-21-22-23-25-27-29-31-36(34-37-33-32-35(4)7-3)30-28-26-24-15-13-11-9-6-2/h14,16,18-19,32-33,35-36H,5-13,15,17,20-31,34H2,1-4H3/b16-14-,19-18-,33-32+. The van der Waals surface area contributed by atoms with E-state index in [1.54, 1.807) is 0 Å². The summed E-state index contributed by atoms with van der Waals surface area (Å²) in [5, 5.41) is 0. The molecule has 0 amide bonds. The molecule has 0 radical (unpaired) electrons. The summed E-state index contributed by atoms with van der Waals surface area (Å²) in [5.74, 6) is 1.37. The molecule has 0 saturated heterocycles. The Hall–Kier alpha value is -0.980. The van der Waals surface area contributed by atoms with Crippen LogP contribution < -0.4 is 0 Å². The van der Waals surface area contributed by atoms with Crippen LogP contribution in [0.3, 0.4) is 0 Å². The molecule has 0 aliphatic heterocycles. The van der Waals surface area contributed by atoms with Crippen molar-refractivity contribution in [1.82, 2.24) is 0 Å². The summed E-state index contributed by atoms with van der Waals surface area (Å²) in [6.07, 6.45) is 44.8. The van der Waals surface area contributed by atoms with Crippen molar-refractivity contribution in [3.05, 3.63) is 36.6 Å². The Morgan fingerprint density at radius 2 is 1.00 bits per heavy atom. The van der Waals surface area contributed by atoms with E-state index in [0.29, 0.717) is 5.92 Å². The van der Waals surface area contributed by atoms with Crippen molar-refractivity contribution >= 4 is 0 Å². The summed E-state index contributed by atoms with van der Waals surface area (Å²) in [6.45, 7) is 10.00. The highest BCUT2D eigenvalue weighted by Gasteiger charge is 2.09. The summed E-state index contributed by atoms with van der Waals surface area (Å²) >= 11 is 0. The van der Waals surface area contributed by atoms with Crippen LogP contribution in [-0.4, -0.2) is 6.61 Å². The average Bonchev–Trinajstić information content (AvgIpc) is 2.91. The molecule has 2 unspecified atom stereocenters. The van der Waals surface area contributed by atoms with Crippen LogP contribution in [0, 0.1) is 11.8 Å². The fourth-order valence-corrected chi connectivity index (χ4v) is 4.82. The van der Waals surface area contributed by atoms with E-state index in [-0.39, 0.29) is 0 Å². The molecule has 0 N–H and O–H groups in total. The Balaban J connectivity index is 3.87. The normalized spacial score (nSPS) is 13.8. The fraction of sp³-hybridized carbons (Fsp3) is 0.833. The minimum absolute atomic E-state index is 0.624. The Bertz CT molecular complexity index is 503. The molecule has 0 aliphatic carbocycles. The van der Waals surface area contributed by atoms with Crippen molar-refractivity contribution in [2.24, 2.45) is 11.8 Å². The van der Waals surface area contributed by atoms with Crippen molar-refractivity contribution in [2.75, 3.05) is 6.61 Å². The number of allylic oxidation sites excluding steroid dienone is 5. The van der Waals surface area contributed by atoms with Gasteiger partial charge < -0.3 is 4.74 Å². The fourth-order valence-electron chi connectivity index (χ4n) is 4.82. The third-order valence-electron chi connectivity index (χ3n) is 7.76. The van der Waals surface area contributed by atoms with E-state index >= 15 is 0 Å². The van der Waals surface area contributed by atoms with E-state index in [9.17, 15) is 0 Å². The zero-order valence-electron chi connectivity index (χ0n) is 26.0. The van der Waals surface area contributed by atoms with Gasteiger partial charge in [0, 0.05) is 0 Å². The monoisotopic (exact) mass is 517 g/mol. The topological polar surface area (TPSA) is 9.23 Å². The Morgan fingerprint density at radius 3 is 1.54 bits per heavy atom. The van der Waals surface area contributed by atoms with Gasteiger partial charge in [0.15, 0.2) is 0 Å². The molecule has 0 heterocycles. The van der Waals surface area contributed by atoms with Gasteiger partial charge in [-0.15, -0.1) is 0 Å².